The van der Waals surface area contributed by atoms with Crippen LogP contribution in [-0.4, -0.2) is 33.4 Å². The van der Waals surface area contributed by atoms with Gasteiger partial charge in [-0.1, -0.05) is 13.8 Å². The van der Waals surface area contributed by atoms with Gasteiger partial charge in [0.15, 0.2) is 0 Å². The summed E-state index contributed by atoms with van der Waals surface area (Å²) in [5.41, 5.74) is -0.892. The number of esters is 1. The second-order valence-corrected chi connectivity index (χ2v) is 6.22. The fourth-order valence-corrected chi connectivity index (χ4v) is 2.32. The van der Waals surface area contributed by atoms with Crippen molar-refractivity contribution in [1.29, 1.82) is 0 Å². The fourth-order valence-electron chi connectivity index (χ4n) is 2.32. The van der Waals surface area contributed by atoms with Gasteiger partial charge in [-0.05, 0) is 34.1 Å². The summed E-state index contributed by atoms with van der Waals surface area (Å²) >= 11 is 0. The van der Waals surface area contributed by atoms with Crippen LogP contribution >= 0.6 is 0 Å². The molecule has 1 saturated heterocycles. The number of ether oxygens (including phenoxy) is 1. The molecule has 0 radical (unpaired) electrons. The zero-order valence-corrected chi connectivity index (χ0v) is 11.8. The molecule has 0 saturated carbocycles. The molecule has 1 aliphatic rings. The highest BCUT2D eigenvalue weighted by atomic mass is 16.6. The molecule has 1 fully saturated rings. The lowest BCUT2D eigenvalue weighted by Gasteiger charge is -2.35. The van der Waals surface area contributed by atoms with E-state index in [0.717, 1.165) is 6.42 Å². The van der Waals surface area contributed by atoms with Crippen LogP contribution in [0.2, 0.25) is 0 Å². The molecule has 2 unspecified atom stereocenters. The van der Waals surface area contributed by atoms with Crippen LogP contribution in [-0.2, 0) is 9.53 Å². The maximum absolute atomic E-state index is 11.8. The molecule has 0 aromatic rings. The van der Waals surface area contributed by atoms with E-state index >= 15 is 0 Å². The molecule has 0 bridgehead atoms. The van der Waals surface area contributed by atoms with Gasteiger partial charge in [0.05, 0.1) is 11.5 Å². The number of hydrogen-bond donors (Lipinski definition) is 1. The van der Waals surface area contributed by atoms with Crippen LogP contribution in [0.3, 0.4) is 0 Å². The van der Waals surface area contributed by atoms with Gasteiger partial charge in [-0.15, -0.1) is 0 Å². The summed E-state index contributed by atoms with van der Waals surface area (Å²) in [6, 6.07) is 0. The van der Waals surface area contributed by atoms with E-state index in [1.165, 1.54) is 5.06 Å². The SMILES string of the molecule is CCC(C)C(=O)OC1CC(C)(C)N(O)C1(C)C. The second-order valence-electron chi connectivity index (χ2n) is 6.22. The van der Waals surface area contributed by atoms with Crippen LogP contribution in [0.15, 0.2) is 0 Å². The van der Waals surface area contributed by atoms with Gasteiger partial charge in [0.2, 0.25) is 0 Å². The van der Waals surface area contributed by atoms with E-state index in [2.05, 4.69) is 0 Å². The van der Waals surface area contributed by atoms with E-state index in [4.69, 9.17) is 4.74 Å². The zero-order chi connectivity index (χ0) is 13.4. The molecule has 0 aromatic carbocycles. The molecule has 0 amide bonds. The van der Waals surface area contributed by atoms with Crippen molar-refractivity contribution in [2.45, 2.75) is 71.6 Å². The predicted octanol–water partition coefficient (Wildman–Crippen LogP) is 2.60. The van der Waals surface area contributed by atoms with Crippen LogP contribution < -0.4 is 0 Å². The number of carbonyl (C=O) groups is 1. The monoisotopic (exact) mass is 243 g/mol. The van der Waals surface area contributed by atoms with Crippen molar-refractivity contribution in [3.63, 3.8) is 0 Å². The quantitative estimate of drug-likeness (QED) is 0.774. The number of rotatable bonds is 3. The topological polar surface area (TPSA) is 49.8 Å². The number of hydroxylamine groups is 2. The fraction of sp³-hybridized carbons (Fsp3) is 0.923. The third-order valence-corrected chi connectivity index (χ3v) is 3.87. The molecule has 4 heteroatoms. The van der Waals surface area contributed by atoms with Crippen molar-refractivity contribution in [2.75, 3.05) is 0 Å². The van der Waals surface area contributed by atoms with Crippen molar-refractivity contribution in [1.82, 2.24) is 5.06 Å². The van der Waals surface area contributed by atoms with Crippen LogP contribution in [0, 0.1) is 5.92 Å². The molecule has 1 rings (SSSR count). The molecule has 0 spiro atoms. The summed E-state index contributed by atoms with van der Waals surface area (Å²) < 4.78 is 5.54. The van der Waals surface area contributed by atoms with Crippen molar-refractivity contribution >= 4 is 5.97 Å². The predicted molar refractivity (Wildman–Crippen MR) is 65.7 cm³/mol. The Morgan fingerprint density at radius 3 is 2.35 bits per heavy atom. The third-order valence-electron chi connectivity index (χ3n) is 3.87. The van der Waals surface area contributed by atoms with Gasteiger partial charge in [0.25, 0.3) is 0 Å². The summed E-state index contributed by atoms with van der Waals surface area (Å²) in [4.78, 5) is 11.8. The lowest BCUT2D eigenvalue weighted by atomic mass is 9.97. The highest BCUT2D eigenvalue weighted by Crippen LogP contribution is 2.41. The molecule has 100 valence electrons. The number of hydrogen-bond acceptors (Lipinski definition) is 4. The Morgan fingerprint density at radius 2 is 2.00 bits per heavy atom. The minimum absolute atomic E-state index is 0.0818. The van der Waals surface area contributed by atoms with E-state index in [1.54, 1.807) is 0 Å². The smallest absolute Gasteiger partial charge is 0.308 e. The molecular weight excluding hydrogens is 218 g/mol. The summed E-state index contributed by atoms with van der Waals surface area (Å²) in [6.07, 6.45) is 1.17. The molecule has 1 aliphatic heterocycles. The third kappa shape index (κ3) is 2.63. The Kier molecular flexibility index (Phi) is 3.89. The van der Waals surface area contributed by atoms with Crippen molar-refractivity contribution in [3.05, 3.63) is 0 Å². The molecule has 4 nitrogen and oxygen atoms in total. The van der Waals surface area contributed by atoms with Crippen molar-refractivity contribution in [3.8, 4) is 0 Å². The van der Waals surface area contributed by atoms with Crippen LogP contribution in [0.25, 0.3) is 0 Å². The van der Waals surface area contributed by atoms with E-state index in [9.17, 15) is 10.0 Å². The van der Waals surface area contributed by atoms with Crippen LogP contribution in [0.4, 0.5) is 0 Å². The summed E-state index contributed by atoms with van der Waals surface area (Å²) in [5, 5.41) is 11.4. The first kappa shape index (κ1) is 14.5. The second kappa shape index (κ2) is 4.58. The first-order chi connectivity index (χ1) is 7.63. The Balaban J connectivity index is 2.77. The van der Waals surface area contributed by atoms with E-state index in [0.29, 0.717) is 6.42 Å². The largest absolute Gasteiger partial charge is 0.460 e. The van der Waals surface area contributed by atoms with Crippen LogP contribution in [0.5, 0.6) is 0 Å². The van der Waals surface area contributed by atoms with Gasteiger partial charge in [0.1, 0.15) is 6.10 Å². The Hall–Kier alpha value is -0.610. The normalized spacial score (nSPS) is 29.0. The molecule has 0 aromatic heterocycles. The van der Waals surface area contributed by atoms with Crippen molar-refractivity contribution < 1.29 is 14.7 Å². The van der Waals surface area contributed by atoms with Crippen LogP contribution in [0.1, 0.15) is 54.4 Å². The highest BCUT2D eigenvalue weighted by molar-refractivity contribution is 5.72. The standard InChI is InChI=1S/C13H25NO3/c1-7-9(2)11(15)17-10-8-12(3,4)14(16)13(10,5)6/h9-10,16H,7-8H2,1-6H3. The maximum atomic E-state index is 11.8. The number of nitrogens with zero attached hydrogens (tertiary/aromatic N) is 1. The Bertz CT molecular complexity index is 299. The number of carbonyl (C=O) groups excluding carboxylic acids is 1. The lowest BCUT2D eigenvalue weighted by molar-refractivity contribution is -0.206. The van der Waals surface area contributed by atoms with Gasteiger partial charge in [-0.3, -0.25) is 4.79 Å². The Morgan fingerprint density at radius 1 is 1.47 bits per heavy atom. The minimum atomic E-state index is -0.535. The average Bonchev–Trinajstić information content (AvgIpc) is 2.38. The average molecular weight is 243 g/mol. The van der Waals surface area contributed by atoms with E-state index in [1.807, 2.05) is 41.5 Å². The molecular formula is C13H25NO3. The van der Waals surface area contributed by atoms with Crippen molar-refractivity contribution in [2.24, 2.45) is 5.92 Å². The summed E-state index contributed by atoms with van der Waals surface area (Å²) in [6.45, 7) is 11.5. The van der Waals surface area contributed by atoms with E-state index < -0.39 is 5.54 Å². The van der Waals surface area contributed by atoms with Gasteiger partial charge in [-0.2, -0.15) is 5.06 Å². The first-order valence-corrected chi connectivity index (χ1v) is 6.32. The zero-order valence-electron chi connectivity index (χ0n) is 11.8. The highest BCUT2D eigenvalue weighted by Gasteiger charge is 2.53. The van der Waals surface area contributed by atoms with Gasteiger partial charge < -0.3 is 9.94 Å². The molecule has 0 aliphatic carbocycles. The van der Waals surface area contributed by atoms with Gasteiger partial charge >= 0.3 is 5.97 Å². The molecule has 1 heterocycles. The van der Waals surface area contributed by atoms with Gasteiger partial charge in [-0.25, -0.2) is 0 Å². The minimum Gasteiger partial charge on any atom is -0.460 e. The summed E-state index contributed by atoms with van der Waals surface area (Å²) in [5.74, 6) is -0.252. The summed E-state index contributed by atoms with van der Waals surface area (Å²) in [7, 11) is 0. The molecule has 2 atom stereocenters. The Labute approximate surface area is 104 Å². The lowest BCUT2D eigenvalue weighted by Crippen LogP contribution is -2.49. The van der Waals surface area contributed by atoms with Gasteiger partial charge in [0, 0.05) is 12.0 Å². The van der Waals surface area contributed by atoms with E-state index in [-0.39, 0.29) is 23.5 Å². The first-order valence-electron chi connectivity index (χ1n) is 6.32. The molecule has 17 heavy (non-hydrogen) atoms. The maximum Gasteiger partial charge on any atom is 0.308 e. The molecule has 1 N–H and O–H groups in total.